The summed E-state index contributed by atoms with van der Waals surface area (Å²) in [6.45, 7) is 5.01. The van der Waals surface area contributed by atoms with E-state index < -0.39 is 0 Å². The van der Waals surface area contributed by atoms with Crippen molar-refractivity contribution in [2.45, 2.75) is 25.7 Å². The number of alkyl halides is 1. The largest absolute Gasteiger partial charge is 0.268 e. The lowest BCUT2D eigenvalue weighted by molar-refractivity contribution is 0.632. The summed E-state index contributed by atoms with van der Waals surface area (Å²) in [4.78, 5) is 0. The first kappa shape index (κ1) is 9.26. The SMILES string of the molecule is CCn1nc(C)c(Br)c1CBr. The highest BCUT2D eigenvalue weighted by atomic mass is 79.9. The molecule has 2 nitrogen and oxygen atoms in total. The van der Waals surface area contributed by atoms with Crippen LogP contribution in [0, 0.1) is 6.92 Å². The first-order valence-corrected chi connectivity index (χ1v) is 5.39. The van der Waals surface area contributed by atoms with Gasteiger partial charge in [0.2, 0.25) is 0 Å². The number of hydrogen-bond acceptors (Lipinski definition) is 1. The summed E-state index contributed by atoms with van der Waals surface area (Å²) in [6.07, 6.45) is 0. The third-order valence-electron chi connectivity index (χ3n) is 1.58. The van der Waals surface area contributed by atoms with Gasteiger partial charge in [-0.3, -0.25) is 4.68 Å². The molecule has 0 aliphatic rings. The Hall–Kier alpha value is 0.170. The van der Waals surface area contributed by atoms with Crippen molar-refractivity contribution in [2.75, 3.05) is 0 Å². The Morgan fingerprint density at radius 2 is 2.18 bits per heavy atom. The molecule has 0 aliphatic carbocycles. The molecular weight excluding hydrogens is 272 g/mol. The van der Waals surface area contributed by atoms with Gasteiger partial charge in [0.25, 0.3) is 0 Å². The zero-order valence-corrected chi connectivity index (χ0v) is 9.74. The minimum Gasteiger partial charge on any atom is -0.268 e. The van der Waals surface area contributed by atoms with Crippen molar-refractivity contribution in [1.29, 1.82) is 0 Å². The van der Waals surface area contributed by atoms with E-state index in [1.165, 1.54) is 5.69 Å². The van der Waals surface area contributed by atoms with Crippen molar-refractivity contribution in [2.24, 2.45) is 0 Å². The Kier molecular flexibility index (Phi) is 3.13. The average Bonchev–Trinajstić information content (AvgIpc) is 2.28. The molecule has 0 saturated carbocycles. The molecule has 1 heterocycles. The van der Waals surface area contributed by atoms with Crippen LogP contribution in [0.1, 0.15) is 18.3 Å². The van der Waals surface area contributed by atoms with Gasteiger partial charge in [0.15, 0.2) is 0 Å². The highest BCUT2D eigenvalue weighted by molar-refractivity contribution is 9.10. The molecule has 0 saturated heterocycles. The molecule has 0 unspecified atom stereocenters. The van der Waals surface area contributed by atoms with Crippen LogP contribution in [0.3, 0.4) is 0 Å². The standard InChI is InChI=1S/C7H10Br2N2/c1-3-11-6(4-8)7(9)5(2)10-11/h3-4H2,1-2H3. The fourth-order valence-electron chi connectivity index (χ4n) is 0.997. The summed E-state index contributed by atoms with van der Waals surface area (Å²) >= 11 is 6.91. The molecule has 0 bridgehead atoms. The number of aromatic nitrogens is 2. The molecule has 4 heteroatoms. The quantitative estimate of drug-likeness (QED) is 0.763. The summed E-state index contributed by atoms with van der Waals surface area (Å²) in [5.41, 5.74) is 2.27. The zero-order chi connectivity index (χ0) is 8.43. The normalized spacial score (nSPS) is 10.5. The number of nitrogens with zero attached hydrogens (tertiary/aromatic N) is 2. The monoisotopic (exact) mass is 280 g/mol. The maximum absolute atomic E-state index is 4.34. The second-order valence-electron chi connectivity index (χ2n) is 2.30. The van der Waals surface area contributed by atoms with E-state index in [4.69, 9.17) is 0 Å². The Labute approximate surface area is 83.2 Å². The topological polar surface area (TPSA) is 17.8 Å². The average molecular weight is 282 g/mol. The van der Waals surface area contributed by atoms with Gasteiger partial charge in [-0.05, 0) is 29.8 Å². The van der Waals surface area contributed by atoms with Crippen LogP contribution in [0.15, 0.2) is 4.47 Å². The van der Waals surface area contributed by atoms with Gasteiger partial charge in [0.05, 0.1) is 15.9 Å². The van der Waals surface area contributed by atoms with E-state index in [1.54, 1.807) is 0 Å². The first-order chi connectivity index (χ1) is 5.20. The Morgan fingerprint density at radius 1 is 1.55 bits per heavy atom. The Balaban J connectivity index is 3.15. The summed E-state index contributed by atoms with van der Waals surface area (Å²) in [5.74, 6) is 0. The molecule has 0 radical (unpaired) electrons. The number of halogens is 2. The molecule has 1 aromatic rings. The van der Waals surface area contributed by atoms with E-state index in [9.17, 15) is 0 Å². The third-order valence-corrected chi connectivity index (χ3v) is 3.14. The first-order valence-electron chi connectivity index (χ1n) is 3.48. The highest BCUT2D eigenvalue weighted by Gasteiger charge is 2.09. The van der Waals surface area contributed by atoms with Gasteiger partial charge >= 0.3 is 0 Å². The Morgan fingerprint density at radius 3 is 2.55 bits per heavy atom. The van der Waals surface area contributed by atoms with Gasteiger partial charge in [-0.15, -0.1) is 0 Å². The van der Waals surface area contributed by atoms with Crippen LogP contribution in [0.5, 0.6) is 0 Å². The summed E-state index contributed by atoms with van der Waals surface area (Å²) in [7, 11) is 0. The van der Waals surface area contributed by atoms with Crippen LogP contribution < -0.4 is 0 Å². The fourth-order valence-corrected chi connectivity index (χ4v) is 2.37. The lowest BCUT2D eigenvalue weighted by Crippen LogP contribution is -2.00. The zero-order valence-electron chi connectivity index (χ0n) is 6.56. The molecule has 0 fully saturated rings. The molecule has 0 aromatic carbocycles. The van der Waals surface area contributed by atoms with Gasteiger partial charge in [0, 0.05) is 11.9 Å². The Bertz CT molecular complexity index is 255. The van der Waals surface area contributed by atoms with E-state index in [-0.39, 0.29) is 0 Å². The van der Waals surface area contributed by atoms with Gasteiger partial charge in [-0.25, -0.2) is 0 Å². The summed E-state index contributed by atoms with van der Waals surface area (Å²) in [6, 6.07) is 0. The molecule has 0 N–H and O–H groups in total. The van der Waals surface area contributed by atoms with Crippen molar-refractivity contribution in [3.05, 3.63) is 15.9 Å². The van der Waals surface area contributed by atoms with Crippen molar-refractivity contribution >= 4 is 31.9 Å². The van der Waals surface area contributed by atoms with Crippen LogP contribution in [-0.4, -0.2) is 9.78 Å². The molecule has 1 aromatic heterocycles. The van der Waals surface area contributed by atoms with E-state index in [0.717, 1.165) is 22.0 Å². The predicted molar refractivity (Wildman–Crippen MR) is 53.0 cm³/mol. The second-order valence-corrected chi connectivity index (χ2v) is 3.65. The van der Waals surface area contributed by atoms with Crippen LogP contribution in [0.4, 0.5) is 0 Å². The van der Waals surface area contributed by atoms with Crippen LogP contribution in [-0.2, 0) is 11.9 Å². The molecule has 1 rings (SSSR count). The minimum absolute atomic E-state index is 0.849. The van der Waals surface area contributed by atoms with E-state index in [0.29, 0.717) is 0 Å². The number of hydrogen-bond donors (Lipinski definition) is 0. The molecule has 62 valence electrons. The van der Waals surface area contributed by atoms with Crippen molar-refractivity contribution < 1.29 is 0 Å². The maximum Gasteiger partial charge on any atom is 0.0739 e. The van der Waals surface area contributed by atoms with Crippen molar-refractivity contribution in [3.8, 4) is 0 Å². The number of rotatable bonds is 2. The predicted octanol–water partition coefficient (Wildman–Crippen LogP) is 2.87. The fraction of sp³-hybridized carbons (Fsp3) is 0.571. The molecule has 0 atom stereocenters. The summed E-state index contributed by atoms with van der Waals surface area (Å²) < 4.78 is 3.12. The van der Waals surface area contributed by atoms with Crippen LogP contribution in [0.2, 0.25) is 0 Å². The van der Waals surface area contributed by atoms with Gasteiger partial charge < -0.3 is 0 Å². The lowest BCUT2D eigenvalue weighted by atomic mass is 10.4. The maximum atomic E-state index is 4.34. The third kappa shape index (κ3) is 1.67. The number of aryl methyl sites for hydroxylation is 2. The molecule has 0 amide bonds. The summed E-state index contributed by atoms with van der Waals surface area (Å²) in [5, 5.41) is 5.19. The molecule has 11 heavy (non-hydrogen) atoms. The highest BCUT2D eigenvalue weighted by Crippen LogP contribution is 2.22. The van der Waals surface area contributed by atoms with Crippen LogP contribution >= 0.6 is 31.9 Å². The molecule has 0 aliphatic heterocycles. The van der Waals surface area contributed by atoms with E-state index in [1.807, 2.05) is 11.6 Å². The lowest BCUT2D eigenvalue weighted by Gasteiger charge is -1.99. The van der Waals surface area contributed by atoms with E-state index >= 15 is 0 Å². The van der Waals surface area contributed by atoms with E-state index in [2.05, 4.69) is 43.9 Å². The molecular formula is C7H10Br2N2. The van der Waals surface area contributed by atoms with Gasteiger partial charge in [0.1, 0.15) is 0 Å². The molecule has 0 spiro atoms. The second kappa shape index (κ2) is 3.72. The van der Waals surface area contributed by atoms with Crippen LogP contribution in [0.25, 0.3) is 0 Å². The minimum atomic E-state index is 0.849. The van der Waals surface area contributed by atoms with Crippen molar-refractivity contribution in [1.82, 2.24) is 9.78 Å². The van der Waals surface area contributed by atoms with Gasteiger partial charge in [-0.2, -0.15) is 5.10 Å². The van der Waals surface area contributed by atoms with Gasteiger partial charge in [-0.1, -0.05) is 15.9 Å². The van der Waals surface area contributed by atoms with Crippen molar-refractivity contribution in [3.63, 3.8) is 0 Å². The smallest absolute Gasteiger partial charge is 0.0739 e.